The molecule has 1 heterocycles. The molecular formula is C40H53IN8O7. The number of halogens is 1. The molecule has 4 atom stereocenters. The molecule has 4 amide bonds. The van der Waals surface area contributed by atoms with E-state index in [9.17, 15) is 29.1 Å². The number of benzene rings is 3. The molecule has 302 valence electrons. The molecule has 0 unspecified atom stereocenters. The number of rotatable bonds is 12. The van der Waals surface area contributed by atoms with E-state index in [1.165, 1.54) is 18.0 Å². The van der Waals surface area contributed by atoms with Gasteiger partial charge in [0.1, 0.15) is 29.9 Å². The molecule has 0 aliphatic carbocycles. The minimum Gasteiger partial charge on any atom is -0.507 e. The van der Waals surface area contributed by atoms with Crippen LogP contribution in [0.4, 0.5) is 0 Å². The van der Waals surface area contributed by atoms with Crippen LogP contribution in [0.1, 0.15) is 57.6 Å². The van der Waals surface area contributed by atoms with Crippen LogP contribution in [0, 0.1) is 8.98 Å². The fourth-order valence-corrected chi connectivity index (χ4v) is 6.96. The summed E-state index contributed by atoms with van der Waals surface area (Å²) in [4.78, 5) is 71.0. The minimum atomic E-state index is -1.24. The molecule has 0 bridgehead atoms. The van der Waals surface area contributed by atoms with E-state index in [0.29, 0.717) is 28.5 Å². The van der Waals surface area contributed by atoms with Crippen LogP contribution < -0.4 is 32.3 Å². The third-order valence-electron chi connectivity index (χ3n) is 9.33. The van der Waals surface area contributed by atoms with Gasteiger partial charge in [0.25, 0.3) is 5.91 Å². The predicted molar refractivity (Wildman–Crippen MR) is 222 cm³/mol. The van der Waals surface area contributed by atoms with Crippen molar-refractivity contribution < 1.29 is 33.8 Å². The smallest absolute Gasteiger partial charge is 0.329 e. The minimum absolute atomic E-state index is 0.00939. The average Bonchev–Trinajstić information content (AvgIpc) is 3.14. The molecule has 0 saturated carbocycles. The van der Waals surface area contributed by atoms with Gasteiger partial charge in [0.05, 0.1) is 3.57 Å². The molecule has 1 saturated heterocycles. The van der Waals surface area contributed by atoms with Crippen molar-refractivity contribution >= 4 is 68.9 Å². The van der Waals surface area contributed by atoms with E-state index in [4.69, 9.17) is 15.9 Å². The quantitative estimate of drug-likeness (QED) is 0.0435. The van der Waals surface area contributed by atoms with Crippen molar-refractivity contribution in [3.63, 3.8) is 0 Å². The van der Waals surface area contributed by atoms with E-state index >= 15 is 0 Å². The van der Waals surface area contributed by atoms with Gasteiger partial charge < -0.3 is 47.1 Å². The summed E-state index contributed by atoms with van der Waals surface area (Å²) < 4.78 is 6.02. The molecular weight excluding hydrogens is 831 g/mol. The molecule has 4 rings (SSSR count). The fourth-order valence-electron chi connectivity index (χ4n) is 6.38. The summed E-state index contributed by atoms with van der Waals surface area (Å²) in [5.74, 6) is -3.65. The molecule has 0 aromatic heterocycles. The van der Waals surface area contributed by atoms with Gasteiger partial charge in [0.2, 0.25) is 17.7 Å². The second kappa shape index (κ2) is 20.3. The van der Waals surface area contributed by atoms with Gasteiger partial charge in [0, 0.05) is 32.0 Å². The summed E-state index contributed by atoms with van der Waals surface area (Å²) in [6.07, 6.45) is 1.18. The summed E-state index contributed by atoms with van der Waals surface area (Å²) >= 11 is 1.96. The average molecular weight is 885 g/mol. The van der Waals surface area contributed by atoms with Crippen LogP contribution in [-0.2, 0) is 41.6 Å². The first-order valence-corrected chi connectivity index (χ1v) is 19.7. The van der Waals surface area contributed by atoms with Gasteiger partial charge in [-0.1, -0.05) is 48.5 Å². The highest BCUT2D eigenvalue weighted by Gasteiger charge is 2.36. The summed E-state index contributed by atoms with van der Waals surface area (Å²) in [6.45, 7) is 6.10. The predicted octanol–water partition coefficient (Wildman–Crippen LogP) is 2.20. The van der Waals surface area contributed by atoms with Gasteiger partial charge in [-0.05, 0) is 110 Å². The molecule has 1 fully saturated rings. The number of aromatic hydroxyl groups is 1. The number of cyclic esters (lactones) is 1. The lowest BCUT2D eigenvalue weighted by molar-refractivity contribution is -0.152. The second-order valence-corrected chi connectivity index (χ2v) is 16.2. The number of esters is 1. The van der Waals surface area contributed by atoms with E-state index in [-0.39, 0.29) is 49.5 Å². The van der Waals surface area contributed by atoms with Crippen molar-refractivity contribution in [3.8, 4) is 5.75 Å². The number of carbonyl (C=O) groups excluding carboxylic acids is 5. The fraction of sp³-hybridized carbons (Fsp3) is 0.450. The third kappa shape index (κ3) is 13.4. The number of likely N-dealkylation sites (N-methyl/N-ethyl adjacent to an activating group) is 1. The maximum Gasteiger partial charge on any atom is 0.329 e. The molecule has 0 radical (unpaired) electrons. The number of nitrogens with zero attached hydrogens (tertiary/aromatic N) is 1. The third-order valence-corrected chi connectivity index (χ3v) is 10.2. The highest BCUT2D eigenvalue weighted by Crippen LogP contribution is 2.22. The number of ether oxygens (including phenoxy) is 1. The second-order valence-electron chi connectivity index (χ2n) is 15.0. The zero-order valence-electron chi connectivity index (χ0n) is 32.2. The van der Waals surface area contributed by atoms with E-state index < -0.39 is 60.4 Å². The number of fused-ring (bicyclic) bond motifs is 1. The number of nitrogens with one attached hydrogen (secondary N) is 6. The van der Waals surface area contributed by atoms with Crippen molar-refractivity contribution in [1.29, 1.82) is 5.41 Å². The zero-order valence-corrected chi connectivity index (χ0v) is 34.4. The Balaban J connectivity index is 1.71. The Morgan fingerprint density at radius 3 is 2.21 bits per heavy atom. The van der Waals surface area contributed by atoms with Crippen molar-refractivity contribution in [1.82, 2.24) is 31.5 Å². The lowest BCUT2D eigenvalue weighted by Gasteiger charge is -2.32. The lowest BCUT2D eigenvalue weighted by Crippen LogP contribution is -2.58. The standard InChI is InChI=1S/C40H53IN8O7/c1-40(2,3)45-18-8-12-32-36(53)47-29(11-7-17-44-39(42)43)35(52)48-31(22-24-13-15-26-9-5-6-10-27(26)19-24)38(55)56-23-34(51)46-30(37(54)49(32)4)21-25-14-16-33(50)28(41)20-25/h5-6,9-10,13-16,19-20,29-32,45,50H,7-8,11-12,17-18,21-23H2,1-4H3,(H,46,51)(H,47,53)(H,48,52)(H4,42,43,44)/t29-,30+,31-,32+/m0/s1. The molecule has 3 aromatic carbocycles. The Morgan fingerprint density at radius 1 is 0.875 bits per heavy atom. The molecule has 1 aliphatic rings. The summed E-state index contributed by atoms with van der Waals surface area (Å²) in [6, 6.07) is 13.5. The van der Waals surface area contributed by atoms with Crippen LogP contribution in [0.25, 0.3) is 10.8 Å². The van der Waals surface area contributed by atoms with E-state index in [1.54, 1.807) is 12.1 Å². The van der Waals surface area contributed by atoms with Crippen molar-refractivity contribution in [2.45, 2.75) is 89.0 Å². The first kappa shape index (κ1) is 43.8. The highest BCUT2D eigenvalue weighted by molar-refractivity contribution is 14.1. The Hall–Kier alpha value is -4.97. The number of hydrogen-bond acceptors (Lipinski definition) is 9. The first-order valence-electron chi connectivity index (χ1n) is 18.6. The van der Waals surface area contributed by atoms with Crippen LogP contribution in [0.15, 0.2) is 60.7 Å². The normalized spacial score (nSPS) is 20.3. The molecule has 0 spiro atoms. The Morgan fingerprint density at radius 2 is 1.52 bits per heavy atom. The molecule has 56 heavy (non-hydrogen) atoms. The van der Waals surface area contributed by atoms with E-state index in [2.05, 4.69) is 26.6 Å². The van der Waals surface area contributed by atoms with Crippen LogP contribution in [0.5, 0.6) is 5.75 Å². The number of nitrogens with two attached hydrogens (primary N) is 1. The lowest BCUT2D eigenvalue weighted by atomic mass is 10.0. The number of carbonyl (C=O) groups is 5. The van der Waals surface area contributed by atoms with Crippen LogP contribution >= 0.6 is 22.6 Å². The van der Waals surface area contributed by atoms with Gasteiger partial charge in [0.15, 0.2) is 12.6 Å². The van der Waals surface area contributed by atoms with Gasteiger partial charge in [-0.15, -0.1) is 0 Å². The van der Waals surface area contributed by atoms with Crippen molar-refractivity contribution in [2.75, 3.05) is 26.7 Å². The van der Waals surface area contributed by atoms with Crippen molar-refractivity contribution in [2.24, 2.45) is 5.73 Å². The Kier molecular flexibility index (Phi) is 15.8. The van der Waals surface area contributed by atoms with Crippen LogP contribution in [0.2, 0.25) is 0 Å². The molecule has 1 aliphatic heterocycles. The SMILES string of the molecule is CN1C(=O)[C@@H](Cc2ccc(O)c(I)c2)NC(=O)COC(=O)[C@H](Cc2ccc3ccccc3c2)NC(=O)[C@H](CCCNC(=N)N)NC(=O)[C@H]1CCCNC(C)(C)C. The summed E-state index contributed by atoms with van der Waals surface area (Å²) in [7, 11) is 1.48. The van der Waals surface area contributed by atoms with E-state index in [1.807, 2.05) is 85.8 Å². The highest BCUT2D eigenvalue weighted by atomic mass is 127. The van der Waals surface area contributed by atoms with Gasteiger partial charge in [-0.2, -0.15) is 0 Å². The number of phenolic OH excluding ortho intramolecular Hbond substituents is 1. The Labute approximate surface area is 340 Å². The molecule has 9 N–H and O–H groups in total. The number of phenols is 1. The van der Waals surface area contributed by atoms with Crippen LogP contribution in [0.3, 0.4) is 0 Å². The first-order chi connectivity index (χ1) is 26.5. The van der Waals surface area contributed by atoms with Gasteiger partial charge in [-0.25, -0.2) is 4.79 Å². The topological polar surface area (TPSA) is 228 Å². The maximum atomic E-state index is 14.3. The van der Waals surface area contributed by atoms with E-state index in [0.717, 1.165) is 16.3 Å². The van der Waals surface area contributed by atoms with Gasteiger partial charge in [-0.3, -0.25) is 24.6 Å². The number of amides is 4. The maximum absolute atomic E-state index is 14.3. The number of guanidine groups is 1. The van der Waals surface area contributed by atoms with Gasteiger partial charge >= 0.3 is 5.97 Å². The van der Waals surface area contributed by atoms with Crippen molar-refractivity contribution in [3.05, 3.63) is 75.4 Å². The largest absolute Gasteiger partial charge is 0.507 e. The van der Waals surface area contributed by atoms with Crippen LogP contribution in [-0.4, -0.2) is 102 Å². The summed E-state index contributed by atoms with van der Waals surface area (Å²) in [5, 5.41) is 33.9. The Bertz CT molecular complexity index is 1900. The molecule has 15 nitrogen and oxygen atoms in total. The number of hydrogen-bond donors (Lipinski definition) is 8. The zero-order chi connectivity index (χ0) is 41.0. The molecule has 3 aromatic rings. The monoisotopic (exact) mass is 884 g/mol. The summed E-state index contributed by atoms with van der Waals surface area (Å²) in [5.41, 5.74) is 6.63. The molecule has 16 heteroatoms.